The molecule has 0 bridgehead atoms. The van der Waals surface area contributed by atoms with E-state index in [1.807, 2.05) is 0 Å². The molecule has 5 atom stereocenters. The summed E-state index contributed by atoms with van der Waals surface area (Å²) in [6, 6.07) is 1.26. The number of phosphoric ester groups is 1. The maximum absolute atomic E-state index is 12.2. The average molecular weight is 520 g/mol. The predicted molar refractivity (Wildman–Crippen MR) is 103 cm³/mol. The van der Waals surface area contributed by atoms with Crippen molar-refractivity contribution in [2.75, 3.05) is 18.9 Å². The molecule has 0 aromatic carbocycles. The van der Waals surface area contributed by atoms with E-state index in [-0.39, 0.29) is 18.8 Å². The molecule has 0 radical (unpaired) electrons. The van der Waals surface area contributed by atoms with Gasteiger partial charge in [-0.25, -0.2) is 18.5 Å². The fourth-order valence-corrected chi connectivity index (χ4v) is 5.67. The molecule has 180 valence electrons. The predicted octanol–water partition coefficient (Wildman–Crippen LogP) is -1.85. The Morgan fingerprint density at radius 3 is 2.53 bits per heavy atom. The van der Waals surface area contributed by atoms with Crippen LogP contribution in [0.2, 0.25) is 0 Å². The molecule has 0 amide bonds. The maximum Gasteiger partial charge on any atom is 0.490 e. The number of phosphoric acid groups is 3. The van der Waals surface area contributed by atoms with E-state index in [4.69, 9.17) is 31.6 Å². The number of rotatable bonds is 10. The fourth-order valence-electron chi connectivity index (χ4n) is 2.64. The second-order valence-corrected chi connectivity index (χ2v) is 10.6. The first-order valence-corrected chi connectivity index (χ1v) is 12.8. The number of aliphatic hydroxyl groups excluding tert-OH is 1. The quantitative estimate of drug-likeness (QED) is 0.132. The van der Waals surface area contributed by atoms with Crippen LogP contribution in [0.5, 0.6) is 0 Å². The second-order valence-electron chi connectivity index (χ2n) is 6.16. The Morgan fingerprint density at radius 2 is 1.97 bits per heavy atom. The SMILES string of the molecule is C#CCN[C@]1(n2ccc(N)nc2=O)C[C@H](O)[C@@H](COP(=O)(O)OP(=O)(O)OP(=O)(O)O)O1. The summed E-state index contributed by atoms with van der Waals surface area (Å²) in [6.07, 6.45) is 3.23. The van der Waals surface area contributed by atoms with Gasteiger partial charge in [0.15, 0.2) is 0 Å². The number of terminal acetylenes is 1. The van der Waals surface area contributed by atoms with Gasteiger partial charge in [0.25, 0.3) is 0 Å². The van der Waals surface area contributed by atoms with Crippen molar-refractivity contribution in [2.45, 2.75) is 24.5 Å². The normalized spacial score (nSPS) is 27.4. The number of nitrogens with one attached hydrogen (secondary N) is 1. The van der Waals surface area contributed by atoms with E-state index in [0.29, 0.717) is 0 Å². The highest BCUT2D eigenvalue weighted by Gasteiger charge is 2.49. The Bertz CT molecular complexity index is 1080. The number of ether oxygens (including phenoxy) is 1. The van der Waals surface area contributed by atoms with Crippen LogP contribution in [0.15, 0.2) is 17.1 Å². The van der Waals surface area contributed by atoms with Gasteiger partial charge in [-0.2, -0.15) is 13.6 Å². The van der Waals surface area contributed by atoms with E-state index in [2.05, 4.69) is 29.4 Å². The molecule has 1 aliphatic rings. The lowest BCUT2D eigenvalue weighted by molar-refractivity contribution is -0.136. The first-order chi connectivity index (χ1) is 14.6. The highest BCUT2D eigenvalue weighted by Crippen LogP contribution is 2.66. The Hall–Kier alpha value is -1.47. The third-order valence-corrected chi connectivity index (χ3v) is 7.56. The van der Waals surface area contributed by atoms with Crippen molar-refractivity contribution in [1.29, 1.82) is 0 Å². The first kappa shape index (κ1) is 26.8. The summed E-state index contributed by atoms with van der Waals surface area (Å²) >= 11 is 0. The third kappa shape index (κ3) is 7.27. The number of anilines is 1. The van der Waals surface area contributed by atoms with Gasteiger partial charge in [-0.15, -0.1) is 6.42 Å². The van der Waals surface area contributed by atoms with Gasteiger partial charge in [-0.05, 0) is 6.07 Å². The number of aromatic nitrogens is 2. The molecule has 1 fully saturated rings. The number of hydrogen-bond acceptors (Lipinski definition) is 12. The Balaban J connectivity index is 2.17. The number of aliphatic hydroxyl groups is 1. The molecule has 2 heterocycles. The standard InChI is InChI=1S/C12H19N4O13P3/c1-2-4-14-12(16-5-3-10(13)15-11(16)18)6-8(17)9(27-12)7-26-31(22,23)29-32(24,25)28-30(19,20)21/h1,3,5,8-9,14,17H,4,6-7H2,(H,22,23)(H,24,25)(H2,13,15,18)(H2,19,20,21)/t8-,9+,12-/m0/s1. The number of hydrogen-bond donors (Lipinski definition) is 7. The van der Waals surface area contributed by atoms with Crippen LogP contribution in [0.4, 0.5) is 5.82 Å². The summed E-state index contributed by atoms with van der Waals surface area (Å²) in [6.45, 7) is -1.09. The van der Waals surface area contributed by atoms with Crippen molar-refractivity contribution in [2.24, 2.45) is 0 Å². The summed E-state index contributed by atoms with van der Waals surface area (Å²) in [4.78, 5) is 51.5. The third-order valence-electron chi connectivity index (χ3n) is 3.76. The van der Waals surface area contributed by atoms with Gasteiger partial charge in [0, 0.05) is 12.6 Å². The van der Waals surface area contributed by atoms with E-state index in [1.165, 1.54) is 12.3 Å². The van der Waals surface area contributed by atoms with Crippen LogP contribution in [0, 0.1) is 12.3 Å². The van der Waals surface area contributed by atoms with Gasteiger partial charge >= 0.3 is 29.2 Å². The fraction of sp³-hybridized carbons (Fsp3) is 0.500. The lowest BCUT2D eigenvalue weighted by Crippen LogP contribution is -2.53. The van der Waals surface area contributed by atoms with Crippen LogP contribution in [0.3, 0.4) is 0 Å². The van der Waals surface area contributed by atoms with E-state index in [9.17, 15) is 28.5 Å². The number of nitrogens with zero attached hydrogens (tertiary/aromatic N) is 2. The highest BCUT2D eigenvalue weighted by atomic mass is 31.3. The molecule has 2 unspecified atom stereocenters. The highest BCUT2D eigenvalue weighted by molar-refractivity contribution is 7.66. The van der Waals surface area contributed by atoms with Crippen LogP contribution in [0.1, 0.15) is 6.42 Å². The molecule has 8 N–H and O–H groups in total. The van der Waals surface area contributed by atoms with Crippen LogP contribution in [-0.4, -0.2) is 59.6 Å². The van der Waals surface area contributed by atoms with E-state index >= 15 is 0 Å². The van der Waals surface area contributed by atoms with E-state index in [1.54, 1.807) is 0 Å². The molecular formula is C12H19N4O13P3. The molecule has 0 spiro atoms. The zero-order valence-electron chi connectivity index (χ0n) is 15.8. The topological polar surface area (TPSA) is 262 Å². The molecular weight excluding hydrogens is 501 g/mol. The molecule has 0 saturated carbocycles. The molecule has 1 aromatic rings. The largest absolute Gasteiger partial charge is 0.490 e. The zero-order valence-corrected chi connectivity index (χ0v) is 18.5. The van der Waals surface area contributed by atoms with Gasteiger partial charge in [0.05, 0.1) is 19.3 Å². The van der Waals surface area contributed by atoms with Crippen molar-refractivity contribution in [3.05, 3.63) is 22.7 Å². The zero-order chi connectivity index (χ0) is 24.4. The minimum absolute atomic E-state index is 0.0962. The lowest BCUT2D eigenvalue weighted by atomic mass is 10.1. The molecule has 32 heavy (non-hydrogen) atoms. The van der Waals surface area contributed by atoms with E-state index in [0.717, 1.165) is 4.57 Å². The minimum atomic E-state index is -5.72. The van der Waals surface area contributed by atoms with Crippen molar-refractivity contribution in [3.8, 4) is 12.3 Å². The summed E-state index contributed by atoms with van der Waals surface area (Å²) in [5.41, 5.74) is 4.57. The monoisotopic (exact) mass is 520 g/mol. The summed E-state index contributed by atoms with van der Waals surface area (Å²) < 4.78 is 52.0. The van der Waals surface area contributed by atoms with Crippen LogP contribution in [-0.2, 0) is 37.4 Å². The molecule has 2 rings (SSSR count). The molecule has 17 nitrogen and oxygen atoms in total. The van der Waals surface area contributed by atoms with Crippen molar-refractivity contribution in [3.63, 3.8) is 0 Å². The van der Waals surface area contributed by atoms with Gasteiger partial charge < -0.3 is 35.2 Å². The average Bonchev–Trinajstić information content (AvgIpc) is 2.91. The summed E-state index contributed by atoms with van der Waals surface area (Å²) in [5, 5.41) is 13.0. The van der Waals surface area contributed by atoms with Gasteiger partial charge in [-0.3, -0.25) is 14.4 Å². The summed E-state index contributed by atoms with van der Waals surface area (Å²) in [7, 11) is -16.7. The van der Waals surface area contributed by atoms with E-state index < -0.39 is 53.8 Å². The van der Waals surface area contributed by atoms with Gasteiger partial charge in [0.1, 0.15) is 11.9 Å². The van der Waals surface area contributed by atoms with Crippen LogP contribution < -0.4 is 16.7 Å². The second kappa shape index (κ2) is 9.80. The molecule has 0 aliphatic carbocycles. The number of nitrogens with two attached hydrogens (primary N) is 1. The Morgan fingerprint density at radius 1 is 1.31 bits per heavy atom. The van der Waals surface area contributed by atoms with Crippen molar-refractivity contribution in [1.82, 2.24) is 14.9 Å². The summed E-state index contributed by atoms with van der Waals surface area (Å²) in [5.74, 6) is 0.378. The molecule has 1 aromatic heterocycles. The maximum atomic E-state index is 12.2. The Labute approximate surface area is 179 Å². The van der Waals surface area contributed by atoms with Crippen molar-refractivity contribution >= 4 is 29.3 Å². The van der Waals surface area contributed by atoms with Gasteiger partial charge in [0.2, 0.25) is 5.85 Å². The molecule has 1 saturated heterocycles. The van der Waals surface area contributed by atoms with Crippen molar-refractivity contribution < 1.29 is 56.3 Å². The smallest absolute Gasteiger partial charge is 0.390 e. The number of nitrogen functional groups attached to an aromatic ring is 1. The molecule has 1 aliphatic heterocycles. The Kier molecular flexibility index (Phi) is 8.20. The van der Waals surface area contributed by atoms with Gasteiger partial charge in [-0.1, -0.05) is 5.92 Å². The molecule has 20 heteroatoms. The lowest BCUT2D eigenvalue weighted by Gasteiger charge is -2.31. The van der Waals surface area contributed by atoms with Crippen LogP contribution >= 0.6 is 23.5 Å². The minimum Gasteiger partial charge on any atom is -0.390 e. The van der Waals surface area contributed by atoms with Crippen LogP contribution in [0.25, 0.3) is 0 Å². The first-order valence-electron chi connectivity index (χ1n) is 8.26.